The summed E-state index contributed by atoms with van der Waals surface area (Å²) < 4.78 is 5.36. The summed E-state index contributed by atoms with van der Waals surface area (Å²) >= 11 is 0. The number of nitrogens with one attached hydrogen (secondary N) is 2. The molecule has 3 aromatic rings. The molecule has 1 amide bonds. The number of aromatic nitrogens is 1. The molecule has 138 valence electrons. The van der Waals surface area contributed by atoms with Crippen LogP contribution in [-0.2, 0) is 13.0 Å². The summed E-state index contributed by atoms with van der Waals surface area (Å²) in [6, 6.07) is 17.4. The van der Waals surface area contributed by atoms with E-state index in [0.717, 1.165) is 29.1 Å². The van der Waals surface area contributed by atoms with Crippen molar-refractivity contribution in [2.45, 2.75) is 19.9 Å². The van der Waals surface area contributed by atoms with Gasteiger partial charge in [0.2, 0.25) is 0 Å². The van der Waals surface area contributed by atoms with Gasteiger partial charge in [-0.15, -0.1) is 0 Å². The second kappa shape index (κ2) is 8.85. The first-order chi connectivity index (χ1) is 13.2. The molecule has 0 atom stereocenters. The van der Waals surface area contributed by atoms with Crippen LogP contribution in [0.1, 0.15) is 28.4 Å². The Morgan fingerprint density at radius 3 is 2.56 bits per heavy atom. The molecule has 0 saturated heterocycles. The van der Waals surface area contributed by atoms with Gasteiger partial charge in [-0.25, -0.2) is 0 Å². The third-order valence-corrected chi connectivity index (χ3v) is 4.30. The van der Waals surface area contributed by atoms with E-state index in [0.29, 0.717) is 12.1 Å². The smallest absolute Gasteiger partial charge is 0.257 e. The van der Waals surface area contributed by atoms with E-state index in [1.54, 1.807) is 25.6 Å². The highest BCUT2D eigenvalue weighted by atomic mass is 16.5. The topological polar surface area (TPSA) is 63.2 Å². The fourth-order valence-electron chi connectivity index (χ4n) is 2.73. The molecular weight excluding hydrogens is 338 g/mol. The van der Waals surface area contributed by atoms with Crippen molar-refractivity contribution in [2.24, 2.45) is 0 Å². The Morgan fingerprint density at radius 1 is 1.04 bits per heavy atom. The number of carbonyl (C=O) groups is 1. The quantitative estimate of drug-likeness (QED) is 0.650. The molecule has 2 aromatic carbocycles. The Balaban J connectivity index is 1.66. The van der Waals surface area contributed by atoms with Gasteiger partial charge in [0.25, 0.3) is 5.91 Å². The van der Waals surface area contributed by atoms with Gasteiger partial charge in [-0.3, -0.25) is 9.78 Å². The van der Waals surface area contributed by atoms with Gasteiger partial charge in [-0.2, -0.15) is 0 Å². The Kier molecular flexibility index (Phi) is 6.05. The van der Waals surface area contributed by atoms with E-state index < -0.39 is 0 Å². The van der Waals surface area contributed by atoms with Crippen molar-refractivity contribution in [3.8, 4) is 5.75 Å². The number of hydrogen-bond donors (Lipinski definition) is 2. The summed E-state index contributed by atoms with van der Waals surface area (Å²) in [6.07, 6.45) is 4.23. The van der Waals surface area contributed by atoms with Gasteiger partial charge in [0.05, 0.1) is 18.4 Å². The average Bonchev–Trinajstić information content (AvgIpc) is 2.73. The molecule has 0 aliphatic rings. The summed E-state index contributed by atoms with van der Waals surface area (Å²) in [7, 11) is 1.65. The maximum Gasteiger partial charge on any atom is 0.257 e. The fourth-order valence-corrected chi connectivity index (χ4v) is 2.73. The van der Waals surface area contributed by atoms with Crippen LogP contribution >= 0.6 is 0 Å². The van der Waals surface area contributed by atoms with E-state index in [4.69, 9.17) is 4.74 Å². The molecule has 0 spiro atoms. The van der Waals surface area contributed by atoms with Crippen molar-refractivity contribution in [3.05, 3.63) is 83.7 Å². The minimum absolute atomic E-state index is 0.187. The van der Waals surface area contributed by atoms with Gasteiger partial charge in [0.1, 0.15) is 5.75 Å². The molecule has 0 saturated carbocycles. The maximum atomic E-state index is 12.5. The van der Waals surface area contributed by atoms with Crippen molar-refractivity contribution in [1.82, 2.24) is 4.98 Å². The Hall–Kier alpha value is -3.34. The zero-order valence-electron chi connectivity index (χ0n) is 15.5. The number of aryl methyl sites for hydroxylation is 1. The van der Waals surface area contributed by atoms with Crippen molar-refractivity contribution in [1.29, 1.82) is 0 Å². The number of rotatable bonds is 7. The van der Waals surface area contributed by atoms with Crippen LogP contribution in [0, 0.1) is 0 Å². The standard InChI is InChI=1S/C22H23N3O2/c1-3-16-8-10-19(11-9-16)25-22(26)18-12-20(15-23-13-18)24-14-17-6-4-5-7-21(17)27-2/h4-13,15,24H,3,14H2,1-2H3,(H,25,26). The van der Waals surface area contributed by atoms with Crippen molar-refractivity contribution in [3.63, 3.8) is 0 Å². The van der Waals surface area contributed by atoms with E-state index in [1.807, 2.05) is 48.5 Å². The average molecular weight is 361 g/mol. The van der Waals surface area contributed by atoms with Gasteiger partial charge >= 0.3 is 0 Å². The fraction of sp³-hybridized carbons (Fsp3) is 0.182. The van der Waals surface area contributed by atoms with Crippen LogP contribution in [0.4, 0.5) is 11.4 Å². The van der Waals surface area contributed by atoms with Gasteiger partial charge in [0.15, 0.2) is 0 Å². The second-order valence-electron chi connectivity index (χ2n) is 6.13. The Morgan fingerprint density at radius 2 is 1.81 bits per heavy atom. The van der Waals surface area contributed by atoms with Gasteiger partial charge in [-0.05, 0) is 36.2 Å². The Labute approximate surface area is 159 Å². The number of amides is 1. The highest BCUT2D eigenvalue weighted by Crippen LogP contribution is 2.19. The lowest BCUT2D eigenvalue weighted by Gasteiger charge is -2.11. The van der Waals surface area contributed by atoms with Crippen LogP contribution in [0.25, 0.3) is 0 Å². The summed E-state index contributed by atoms with van der Waals surface area (Å²) in [5.41, 5.74) is 4.31. The first-order valence-corrected chi connectivity index (χ1v) is 8.90. The summed E-state index contributed by atoms with van der Waals surface area (Å²) in [5.74, 6) is 0.634. The normalized spacial score (nSPS) is 10.3. The number of carbonyl (C=O) groups excluding carboxylic acids is 1. The number of nitrogens with zero attached hydrogens (tertiary/aromatic N) is 1. The van der Waals surface area contributed by atoms with Crippen LogP contribution < -0.4 is 15.4 Å². The Bertz CT molecular complexity index is 907. The van der Waals surface area contributed by atoms with E-state index in [2.05, 4.69) is 22.5 Å². The lowest BCUT2D eigenvalue weighted by atomic mass is 10.1. The van der Waals surface area contributed by atoms with Crippen molar-refractivity contribution >= 4 is 17.3 Å². The monoisotopic (exact) mass is 361 g/mol. The molecule has 0 radical (unpaired) electrons. The SMILES string of the molecule is CCc1ccc(NC(=O)c2cncc(NCc3ccccc3OC)c2)cc1. The highest BCUT2D eigenvalue weighted by Gasteiger charge is 2.08. The molecular formula is C22H23N3O2. The summed E-state index contributed by atoms with van der Waals surface area (Å²) in [5, 5.41) is 6.19. The molecule has 27 heavy (non-hydrogen) atoms. The number of anilines is 2. The maximum absolute atomic E-state index is 12.5. The third kappa shape index (κ3) is 4.85. The summed E-state index contributed by atoms with van der Waals surface area (Å²) in [4.78, 5) is 16.7. The van der Waals surface area contributed by atoms with Crippen LogP contribution in [-0.4, -0.2) is 18.0 Å². The largest absolute Gasteiger partial charge is 0.496 e. The number of benzene rings is 2. The lowest BCUT2D eigenvalue weighted by molar-refractivity contribution is 0.102. The van der Waals surface area contributed by atoms with Crippen LogP contribution in [0.2, 0.25) is 0 Å². The first kappa shape index (κ1) is 18.5. The lowest BCUT2D eigenvalue weighted by Crippen LogP contribution is -2.13. The molecule has 0 bridgehead atoms. The van der Waals surface area contributed by atoms with Gasteiger partial charge in [0, 0.05) is 30.2 Å². The number of pyridine rings is 1. The molecule has 0 aliphatic carbocycles. The van der Waals surface area contributed by atoms with E-state index in [1.165, 1.54) is 5.56 Å². The zero-order chi connectivity index (χ0) is 19.1. The molecule has 3 rings (SSSR count). The molecule has 1 heterocycles. The van der Waals surface area contributed by atoms with Crippen molar-refractivity contribution < 1.29 is 9.53 Å². The summed E-state index contributed by atoms with van der Waals surface area (Å²) in [6.45, 7) is 2.68. The molecule has 0 unspecified atom stereocenters. The van der Waals surface area contributed by atoms with Gasteiger partial charge < -0.3 is 15.4 Å². The molecule has 5 nitrogen and oxygen atoms in total. The molecule has 0 aliphatic heterocycles. The zero-order valence-corrected chi connectivity index (χ0v) is 15.5. The van der Waals surface area contributed by atoms with Crippen molar-refractivity contribution in [2.75, 3.05) is 17.7 Å². The number of methoxy groups -OCH3 is 1. The predicted octanol–water partition coefficient (Wildman–Crippen LogP) is 4.52. The first-order valence-electron chi connectivity index (χ1n) is 8.90. The van der Waals surface area contributed by atoms with Crippen LogP contribution in [0.3, 0.4) is 0 Å². The van der Waals surface area contributed by atoms with Crippen LogP contribution in [0.15, 0.2) is 67.0 Å². The third-order valence-electron chi connectivity index (χ3n) is 4.30. The number of para-hydroxylation sites is 1. The van der Waals surface area contributed by atoms with E-state index in [9.17, 15) is 4.79 Å². The predicted molar refractivity (Wildman–Crippen MR) is 108 cm³/mol. The molecule has 2 N–H and O–H groups in total. The minimum Gasteiger partial charge on any atom is -0.496 e. The number of hydrogen-bond acceptors (Lipinski definition) is 4. The van der Waals surface area contributed by atoms with E-state index >= 15 is 0 Å². The number of ether oxygens (including phenoxy) is 1. The molecule has 0 fully saturated rings. The van der Waals surface area contributed by atoms with E-state index in [-0.39, 0.29) is 5.91 Å². The molecule has 1 aromatic heterocycles. The van der Waals surface area contributed by atoms with Crippen LogP contribution in [0.5, 0.6) is 5.75 Å². The minimum atomic E-state index is -0.187. The second-order valence-corrected chi connectivity index (χ2v) is 6.13. The van der Waals surface area contributed by atoms with Gasteiger partial charge in [-0.1, -0.05) is 37.3 Å². The molecule has 5 heteroatoms. The highest BCUT2D eigenvalue weighted by molar-refractivity contribution is 6.04.